The van der Waals surface area contributed by atoms with Crippen LogP contribution in [0.1, 0.15) is 45.9 Å². The highest BCUT2D eigenvalue weighted by Crippen LogP contribution is 2.26. The van der Waals surface area contributed by atoms with Crippen molar-refractivity contribution in [3.8, 4) is 0 Å². The van der Waals surface area contributed by atoms with Crippen molar-refractivity contribution in [2.24, 2.45) is 0 Å². The van der Waals surface area contributed by atoms with Crippen LogP contribution in [-0.2, 0) is 0 Å². The second-order valence-electron chi connectivity index (χ2n) is 4.69. The standard InChI is InChI=1S/C12H19BrN2S/c1-5-10(15-16-12(2,3)4)11-8-9(13)6-7-14-11/h6-8,10,15H,5H2,1-4H3. The molecule has 0 saturated carbocycles. The minimum atomic E-state index is 0.222. The Balaban J connectivity index is 2.68. The summed E-state index contributed by atoms with van der Waals surface area (Å²) in [5.74, 6) is 0. The maximum absolute atomic E-state index is 4.41. The third-order valence-corrected chi connectivity index (χ3v) is 3.52. The van der Waals surface area contributed by atoms with Crippen LogP contribution in [0.15, 0.2) is 22.8 Å². The van der Waals surface area contributed by atoms with E-state index in [1.165, 1.54) is 0 Å². The fourth-order valence-corrected chi connectivity index (χ4v) is 2.35. The van der Waals surface area contributed by atoms with E-state index < -0.39 is 0 Å². The molecule has 0 radical (unpaired) electrons. The molecule has 0 fully saturated rings. The predicted molar refractivity (Wildman–Crippen MR) is 75.4 cm³/mol. The highest BCUT2D eigenvalue weighted by Gasteiger charge is 2.16. The summed E-state index contributed by atoms with van der Waals surface area (Å²) in [6.07, 6.45) is 2.87. The summed E-state index contributed by atoms with van der Waals surface area (Å²) in [4.78, 5) is 4.41. The molecular formula is C12H19BrN2S. The maximum atomic E-state index is 4.41. The van der Waals surface area contributed by atoms with Crippen molar-refractivity contribution in [2.45, 2.75) is 44.9 Å². The molecule has 16 heavy (non-hydrogen) atoms. The van der Waals surface area contributed by atoms with E-state index in [1.54, 1.807) is 11.9 Å². The number of nitrogens with zero attached hydrogens (tertiary/aromatic N) is 1. The number of pyridine rings is 1. The first-order valence-electron chi connectivity index (χ1n) is 5.47. The van der Waals surface area contributed by atoms with Crippen LogP contribution in [0.25, 0.3) is 0 Å². The zero-order valence-corrected chi connectivity index (χ0v) is 12.7. The summed E-state index contributed by atoms with van der Waals surface area (Å²) < 4.78 is 4.79. The molecule has 1 atom stereocenters. The molecule has 1 aromatic heterocycles. The Kier molecular flexibility index (Phi) is 5.28. The number of hydrogen-bond donors (Lipinski definition) is 1. The Morgan fingerprint density at radius 2 is 2.19 bits per heavy atom. The van der Waals surface area contributed by atoms with E-state index in [1.807, 2.05) is 12.3 Å². The number of halogens is 1. The van der Waals surface area contributed by atoms with Crippen LogP contribution in [0.2, 0.25) is 0 Å². The topological polar surface area (TPSA) is 24.9 Å². The minimum absolute atomic E-state index is 0.222. The Bertz CT molecular complexity index is 336. The molecule has 0 aliphatic rings. The van der Waals surface area contributed by atoms with Crippen molar-refractivity contribution in [3.05, 3.63) is 28.5 Å². The van der Waals surface area contributed by atoms with Gasteiger partial charge in [0, 0.05) is 15.4 Å². The Labute approximate surface area is 111 Å². The van der Waals surface area contributed by atoms with Gasteiger partial charge in [0.1, 0.15) is 0 Å². The van der Waals surface area contributed by atoms with E-state index in [-0.39, 0.29) is 4.75 Å². The number of rotatable bonds is 4. The molecule has 1 rings (SSSR count). The van der Waals surface area contributed by atoms with Crippen LogP contribution < -0.4 is 4.72 Å². The lowest BCUT2D eigenvalue weighted by Crippen LogP contribution is -2.21. The summed E-state index contributed by atoms with van der Waals surface area (Å²) in [7, 11) is 0. The molecular weight excluding hydrogens is 284 g/mol. The van der Waals surface area contributed by atoms with Crippen LogP contribution in [0.4, 0.5) is 0 Å². The van der Waals surface area contributed by atoms with Gasteiger partial charge in [-0.25, -0.2) is 0 Å². The first kappa shape index (κ1) is 14.0. The van der Waals surface area contributed by atoms with Crippen LogP contribution >= 0.6 is 27.9 Å². The lowest BCUT2D eigenvalue weighted by molar-refractivity contribution is 0.623. The molecule has 0 aliphatic carbocycles. The molecule has 0 saturated heterocycles. The van der Waals surface area contributed by atoms with Crippen molar-refractivity contribution in [1.82, 2.24) is 9.71 Å². The van der Waals surface area contributed by atoms with Gasteiger partial charge >= 0.3 is 0 Å². The van der Waals surface area contributed by atoms with Gasteiger partial charge in [-0.3, -0.25) is 9.71 Å². The van der Waals surface area contributed by atoms with Crippen molar-refractivity contribution < 1.29 is 0 Å². The van der Waals surface area contributed by atoms with E-state index in [0.29, 0.717) is 6.04 Å². The molecule has 0 aliphatic heterocycles. The SMILES string of the molecule is CCC(NSC(C)(C)C)c1cc(Br)ccn1. The summed E-state index contributed by atoms with van der Waals surface area (Å²) >= 11 is 5.24. The molecule has 0 spiro atoms. The highest BCUT2D eigenvalue weighted by atomic mass is 79.9. The third-order valence-electron chi connectivity index (χ3n) is 2.02. The van der Waals surface area contributed by atoms with Gasteiger partial charge in [-0.05, 0) is 39.3 Å². The van der Waals surface area contributed by atoms with E-state index in [9.17, 15) is 0 Å². The Morgan fingerprint density at radius 3 is 2.69 bits per heavy atom. The van der Waals surface area contributed by atoms with Gasteiger partial charge in [0.05, 0.1) is 11.7 Å². The van der Waals surface area contributed by atoms with Crippen molar-refractivity contribution >= 4 is 27.9 Å². The van der Waals surface area contributed by atoms with Crippen LogP contribution in [0.5, 0.6) is 0 Å². The van der Waals surface area contributed by atoms with Crippen molar-refractivity contribution in [2.75, 3.05) is 0 Å². The molecule has 90 valence electrons. The molecule has 1 aromatic rings. The summed E-state index contributed by atoms with van der Waals surface area (Å²) in [6.45, 7) is 8.77. The second-order valence-corrected chi connectivity index (χ2v) is 7.27. The largest absolute Gasteiger partial charge is 0.260 e. The van der Waals surface area contributed by atoms with E-state index >= 15 is 0 Å². The van der Waals surface area contributed by atoms with Gasteiger partial charge in [-0.2, -0.15) is 0 Å². The molecule has 1 unspecified atom stereocenters. The molecule has 2 nitrogen and oxygen atoms in total. The number of hydrogen-bond acceptors (Lipinski definition) is 3. The fraction of sp³-hybridized carbons (Fsp3) is 0.583. The fourth-order valence-electron chi connectivity index (χ4n) is 1.21. The van der Waals surface area contributed by atoms with Gasteiger partial charge in [0.15, 0.2) is 0 Å². The van der Waals surface area contributed by atoms with Crippen LogP contribution in [-0.4, -0.2) is 9.73 Å². The monoisotopic (exact) mass is 302 g/mol. The zero-order valence-electron chi connectivity index (χ0n) is 10.2. The van der Waals surface area contributed by atoms with Crippen LogP contribution in [0.3, 0.4) is 0 Å². The zero-order chi connectivity index (χ0) is 12.2. The molecule has 4 heteroatoms. The van der Waals surface area contributed by atoms with Gasteiger partial charge < -0.3 is 0 Å². The van der Waals surface area contributed by atoms with Crippen LogP contribution in [0, 0.1) is 0 Å². The Morgan fingerprint density at radius 1 is 1.50 bits per heavy atom. The number of aromatic nitrogens is 1. The summed E-state index contributed by atoms with van der Waals surface area (Å²) in [5.41, 5.74) is 1.09. The first-order valence-corrected chi connectivity index (χ1v) is 7.08. The van der Waals surface area contributed by atoms with E-state index in [4.69, 9.17) is 0 Å². The van der Waals surface area contributed by atoms with Crippen molar-refractivity contribution in [1.29, 1.82) is 0 Å². The van der Waals surface area contributed by atoms with Gasteiger partial charge in [-0.1, -0.05) is 34.8 Å². The third kappa shape index (κ3) is 4.85. The molecule has 0 amide bonds. The average molecular weight is 303 g/mol. The van der Waals surface area contributed by atoms with E-state index in [0.717, 1.165) is 16.6 Å². The molecule has 1 N–H and O–H groups in total. The molecule has 1 heterocycles. The van der Waals surface area contributed by atoms with Gasteiger partial charge in [-0.15, -0.1) is 0 Å². The summed E-state index contributed by atoms with van der Waals surface area (Å²) in [5, 5.41) is 0. The van der Waals surface area contributed by atoms with E-state index in [2.05, 4.69) is 59.4 Å². The maximum Gasteiger partial charge on any atom is 0.0593 e. The lowest BCUT2D eigenvalue weighted by Gasteiger charge is -2.23. The van der Waals surface area contributed by atoms with Gasteiger partial charge in [0.25, 0.3) is 0 Å². The molecule has 0 bridgehead atoms. The van der Waals surface area contributed by atoms with Crippen molar-refractivity contribution in [3.63, 3.8) is 0 Å². The quantitative estimate of drug-likeness (QED) is 0.838. The highest BCUT2D eigenvalue weighted by molar-refractivity contribution is 9.10. The van der Waals surface area contributed by atoms with Gasteiger partial charge in [0.2, 0.25) is 0 Å². The smallest absolute Gasteiger partial charge is 0.0593 e. The normalized spacial score (nSPS) is 13.8. The summed E-state index contributed by atoms with van der Waals surface area (Å²) in [6, 6.07) is 4.33. The lowest BCUT2D eigenvalue weighted by atomic mass is 10.1. The average Bonchev–Trinajstić information content (AvgIpc) is 2.17. The Hall–Kier alpha value is -0.0600. The molecule has 0 aromatic carbocycles. The second kappa shape index (κ2) is 6.03. The minimum Gasteiger partial charge on any atom is -0.260 e. The number of nitrogens with one attached hydrogen (secondary N) is 1. The first-order chi connectivity index (χ1) is 7.42. The predicted octanol–water partition coefficient (Wildman–Crippen LogP) is 4.33.